The summed E-state index contributed by atoms with van der Waals surface area (Å²) in [5, 5.41) is 7.66. The minimum absolute atomic E-state index is 0.444. The molecule has 0 heterocycles. The molecule has 0 bridgehead atoms. The fraction of sp³-hybridized carbons (Fsp3) is 0.0204. The van der Waals surface area contributed by atoms with Crippen LogP contribution in [0.5, 0.6) is 0 Å². The zero-order valence-corrected chi connectivity index (χ0v) is 26.8. The molecule has 0 nitrogen and oxygen atoms in total. The van der Waals surface area contributed by atoms with Gasteiger partial charge in [-0.05, 0) is 123 Å². The van der Waals surface area contributed by atoms with Crippen molar-refractivity contribution in [3.05, 3.63) is 204 Å². The average Bonchev–Trinajstić information content (AvgIpc) is 3.64. The van der Waals surface area contributed by atoms with Crippen LogP contribution in [-0.2, 0) is 5.41 Å². The molecule has 49 heavy (non-hydrogen) atoms. The SMILES string of the molecule is c1ccc2c(c1)-c1ccccc1C21c2cc(-c3ccc4ccccc4c3)ccc2-c2c1cc(-c1ccc3ccccc3c1)c1ccccc21. The van der Waals surface area contributed by atoms with Gasteiger partial charge in [0.1, 0.15) is 0 Å². The molecule has 0 fully saturated rings. The van der Waals surface area contributed by atoms with Crippen molar-refractivity contribution in [3.8, 4) is 44.5 Å². The van der Waals surface area contributed by atoms with Gasteiger partial charge in [0.25, 0.3) is 0 Å². The Labute approximate surface area is 285 Å². The van der Waals surface area contributed by atoms with E-state index in [1.807, 2.05) is 0 Å². The van der Waals surface area contributed by atoms with Crippen LogP contribution in [0.3, 0.4) is 0 Å². The second kappa shape index (κ2) is 9.89. The largest absolute Gasteiger partial charge is 0.0726 e. The minimum atomic E-state index is -0.444. The Hall–Kier alpha value is -6.24. The van der Waals surface area contributed by atoms with Crippen LogP contribution in [0.25, 0.3) is 76.8 Å². The van der Waals surface area contributed by atoms with E-state index >= 15 is 0 Å². The van der Waals surface area contributed by atoms with Crippen LogP contribution in [0.4, 0.5) is 0 Å². The summed E-state index contributed by atoms with van der Waals surface area (Å²) in [5.74, 6) is 0. The molecule has 0 radical (unpaired) electrons. The molecule has 11 rings (SSSR count). The second-order valence-electron chi connectivity index (χ2n) is 13.6. The van der Waals surface area contributed by atoms with E-state index in [1.165, 1.54) is 99.1 Å². The smallest absolute Gasteiger partial charge is 0.0619 e. The van der Waals surface area contributed by atoms with E-state index in [-0.39, 0.29) is 0 Å². The predicted octanol–water partition coefficient (Wildman–Crippen LogP) is 12.8. The summed E-state index contributed by atoms with van der Waals surface area (Å²) < 4.78 is 0. The lowest BCUT2D eigenvalue weighted by Gasteiger charge is -2.31. The standard InChI is InChI=1S/C49H30/c1-3-13-33-27-35(23-21-31(33)11-1)36-25-26-42-46(29-36)49(44-19-9-7-16-39(44)40-17-8-10-20-45(40)49)47-30-43(38-15-5-6-18-41(38)48(42)47)37-24-22-32-12-2-4-14-34(32)28-37/h1-30H. The Morgan fingerprint density at radius 2 is 0.776 bits per heavy atom. The highest BCUT2D eigenvalue weighted by Gasteiger charge is 2.52. The zero-order chi connectivity index (χ0) is 32.1. The lowest BCUT2D eigenvalue weighted by Crippen LogP contribution is -2.26. The molecule has 226 valence electrons. The summed E-state index contributed by atoms with van der Waals surface area (Å²) in [6.07, 6.45) is 0. The Kier molecular flexibility index (Phi) is 5.41. The molecule has 2 aliphatic carbocycles. The van der Waals surface area contributed by atoms with E-state index in [1.54, 1.807) is 0 Å². The van der Waals surface area contributed by atoms with Crippen molar-refractivity contribution in [2.24, 2.45) is 0 Å². The van der Waals surface area contributed by atoms with Gasteiger partial charge in [-0.25, -0.2) is 0 Å². The van der Waals surface area contributed by atoms with Gasteiger partial charge in [-0.1, -0.05) is 158 Å². The van der Waals surface area contributed by atoms with E-state index in [9.17, 15) is 0 Å². The molecule has 0 aliphatic heterocycles. The lowest BCUT2D eigenvalue weighted by molar-refractivity contribution is 0.795. The topological polar surface area (TPSA) is 0 Å². The van der Waals surface area contributed by atoms with Gasteiger partial charge in [-0.15, -0.1) is 0 Å². The first kappa shape index (κ1) is 26.8. The lowest BCUT2D eigenvalue weighted by atomic mass is 9.69. The maximum atomic E-state index is 2.54. The molecule has 0 heteroatoms. The number of benzene rings is 9. The van der Waals surface area contributed by atoms with Gasteiger partial charge in [0, 0.05) is 0 Å². The highest BCUT2D eigenvalue weighted by Crippen LogP contribution is 2.64. The minimum Gasteiger partial charge on any atom is -0.0619 e. The Morgan fingerprint density at radius 3 is 1.47 bits per heavy atom. The summed E-state index contributed by atoms with van der Waals surface area (Å²) in [7, 11) is 0. The third-order valence-corrected chi connectivity index (χ3v) is 11.2. The maximum Gasteiger partial charge on any atom is 0.0726 e. The molecule has 0 amide bonds. The summed E-state index contributed by atoms with van der Waals surface area (Å²) in [6.45, 7) is 0. The molecular formula is C49H30. The summed E-state index contributed by atoms with van der Waals surface area (Å²) in [4.78, 5) is 0. The number of hydrogen-bond donors (Lipinski definition) is 0. The van der Waals surface area contributed by atoms with Crippen molar-refractivity contribution >= 4 is 32.3 Å². The number of rotatable bonds is 2. The number of fused-ring (bicyclic) bond motifs is 14. The van der Waals surface area contributed by atoms with Gasteiger partial charge >= 0.3 is 0 Å². The molecule has 0 atom stereocenters. The van der Waals surface area contributed by atoms with Gasteiger partial charge < -0.3 is 0 Å². The van der Waals surface area contributed by atoms with E-state index in [0.29, 0.717) is 0 Å². The maximum absolute atomic E-state index is 2.54. The first-order valence-corrected chi connectivity index (χ1v) is 17.2. The van der Waals surface area contributed by atoms with Crippen molar-refractivity contribution in [1.29, 1.82) is 0 Å². The van der Waals surface area contributed by atoms with Crippen molar-refractivity contribution < 1.29 is 0 Å². The van der Waals surface area contributed by atoms with Crippen molar-refractivity contribution in [2.75, 3.05) is 0 Å². The van der Waals surface area contributed by atoms with Crippen LogP contribution in [0.1, 0.15) is 22.3 Å². The van der Waals surface area contributed by atoms with E-state index in [2.05, 4.69) is 182 Å². The molecule has 0 saturated heterocycles. The molecule has 0 saturated carbocycles. The molecule has 9 aromatic carbocycles. The van der Waals surface area contributed by atoms with Crippen LogP contribution in [-0.4, -0.2) is 0 Å². The van der Waals surface area contributed by atoms with Crippen molar-refractivity contribution in [2.45, 2.75) is 5.41 Å². The van der Waals surface area contributed by atoms with E-state index in [4.69, 9.17) is 0 Å². The van der Waals surface area contributed by atoms with E-state index < -0.39 is 5.41 Å². The third-order valence-electron chi connectivity index (χ3n) is 11.2. The van der Waals surface area contributed by atoms with Gasteiger partial charge in [-0.3, -0.25) is 0 Å². The molecule has 0 aromatic heterocycles. The van der Waals surface area contributed by atoms with Crippen LogP contribution in [0, 0.1) is 0 Å². The van der Waals surface area contributed by atoms with Crippen molar-refractivity contribution in [1.82, 2.24) is 0 Å². The first-order chi connectivity index (χ1) is 24.3. The normalized spacial score (nSPS) is 13.5. The molecule has 0 N–H and O–H groups in total. The van der Waals surface area contributed by atoms with Gasteiger partial charge in [0.15, 0.2) is 0 Å². The fourth-order valence-corrected chi connectivity index (χ4v) is 9.14. The van der Waals surface area contributed by atoms with Gasteiger partial charge in [-0.2, -0.15) is 0 Å². The summed E-state index contributed by atoms with van der Waals surface area (Å²) in [5.41, 5.74) is 15.4. The van der Waals surface area contributed by atoms with Crippen molar-refractivity contribution in [3.63, 3.8) is 0 Å². The average molecular weight is 619 g/mol. The van der Waals surface area contributed by atoms with Gasteiger partial charge in [0.05, 0.1) is 5.41 Å². The Balaban J connectivity index is 1.27. The Bertz CT molecular complexity index is 2790. The van der Waals surface area contributed by atoms with Crippen LogP contribution < -0.4 is 0 Å². The van der Waals surface area contributed by atoms with Gasteiger partial charge in [0.2, 0.25) is 0 Å². The molecule has 0 unspecified atom stereocenters. The number of hydrogen-bond acceptors (Lipinski definition) is 0. The summed E-state index contributed by atoms with van der Waals surface area (Å²) in [6, 6.07) is 68.2. The van der Waals surface area contributed by atoms with Crippen LogP contribution >= 0.6 is 0 Å². The highest BCUT2D eigenvalue weighted by molar-refractivity contribution is 6.12. The van der Waals surface area contributed by atoms with E-state index in [0.717, 1.165) is 0 Å². The fourth-order valence-electron chi connectivity index (χ4n) is 9.14. The Morgan fingerprint density at radius 1 is 0.265 bits per heavy atom. The van der Waals surface area contributed by atoms with Crippen LogP contribution in [0.15, 0.2) is 182 Å². The summed E-state index contributed by atoms with van der Waals surface area (Å²) >= 11 is 0. The molecule has 9 aromatic rings. The highest BCUT2D eigenvalue weighted by atomic mass is 14.5. The molecule has 2 aliphatic rings. The molecular weight excluding hydrogens is 589 g/mol. The van der Waals surface area contributed by atoms with Crippen LogP contribution in [0.2, 0.25) is 0 Å². The predicted molar refractivity (Wildman–Crippen MR) is 206 cm³/mol. The monoisotopic (exact) mass is 618 g/mol. The first-order valence-electron chi connectivity index (χ1n) is 17.2. The quantitative estimate of drug-likeness (QED) is 0.181. The molecule has 1 spiro atoms. The third kappa shape index (κ3) is 3.58. The zero-order valence-electron chi connectivity index (χ0n) is 26.8. The second-order valence-corrected chi connectivity index (χ2v) is 13.6.